The number of benzene rings is 1. The Labute approximate surface area is 128 Å². The molecule has 1 saturated heterocycles. The molecule has 8 heteroatoms. The lowest BCUT2D eigenvalue weighted by Gasteiger charge is -2.13. The molecule has 6 N–H and O–H groups in total. The van der Waals surface area contributed by atoms with E-state index in [2.05, 4.69) is 10.6 Å². The Hall–Kier alpha value is -1.83. The second-order valence-corrected chi connectivity index (χ2v) is 4.62. The molecule has 1 aromatic rings. The van der Waals surface area contributed by atoms with E-state index in [1.54, 1.807) is 24.3 Å². The highest BCUT2D eigenvalue weighted by atomic mass is 35.5. The van der Waals surface area contributed by atoms with Crippen LogP contribution in [0.3, 0.4) is 0 Å². The molecule has 2 atom stereocenters. The lowest BCUT2D eigenvalue weighted by atomic mass is 10.2. The quantitative estimate of drug-likeness (QED) is 0.663. The third-order valence-corrected chi connectivity index (χ3v) is 3.06. The minimum absolute atomic E-state index is 0. The summed E-state index contributed by atoms with van der Waals surface area (Å²) in [5.41, 5.74) is 11.6. The number of rotatable bonds is 4. The van der Waals surface area contributed by atoms with Crippen molar-refractivity contribution in [3.8, 4) is 0 Å². The van der Waals surface area contributed by atoms with E-state index in [9.17, 15) is 9.59 Å². The molecular weight excluding hydrogens is 296 g/mol. The first-order valence-electron chi connectivity index (χ1n) is 6.41. The largest absolute Gasteiger partial charge is 0.364 e. The number of carbonyl (C=O) groups is 2. The first kappa shape index (κ1) is 17.2. The van der Waals surface area contributed by atoms with Gasteiger partial charge in [-0.05, 0) is 31.0 Å². The molecule has 1 aliphatic rings. The summed E-state index contributed by atoms with van der Waals surface area (Å²) < 4.78 is 5.51. The van der Waals surface area contributed by atoms with Gasteiger partial charge in [0, 0.05) is 17.9 Å². The molecule has 1 fully saturated rings. The summed E-state index contributed by atoms with van der Waals surface area (Å²) in [7, 11) is 0. The Bertz CT molecular complexity index is 512. The van der Waals surface area contributed by atoms with Gasteiger partial charge in [0.1, 0.15) is 6.10 Å². The maximum atomic E-state index is 12.0. The van der Waals surface area contributed by atoms with Gasteiger partial charge >= 0.3 is 6.03 Å². The molecule has 7 nitrogen and oxygen atoms in total. The minimum atomic E-state index is -0.654. The average Bonchev–Trinajstić information content (AvgIpc) is 2.87. The van der Waals surface area contributed by atoms with Gasteiger partial charge in [0.2, 0.25) is 0 Å². The van der Waals surface area contributed by atoms with E-state index in [4.69, 9.17) is 16.2 Å². The normalized spacial score (nSPS) is 20.4. The van der Waals surface area contributed by atoms with E-state index < -0.39 is 12.1 Å². The van der Waals surface area contributed by atoms with Crippen LogP contribution in [0.1, 0.15) is 12.8 Å². The van der Waals surface area contributed by atoms with Crippen molar-refractivity contribution < 1.29 is 14.3 Å². The van der Waals surface area contributed by atoms with Gasteiger partial charge < -0.3 is 26.8 Å². The van der Waals surface area contributed by atoms with Crippen molar-refractivity contribution >= 4 is 35.7 Å². The Kier molecular flexibility index (Phi) is 6.41. The van der Waals surface area contributed by atoms with Crippen molar-refractivity contribution in [1.82, 2.24) is 0 Å². The van der Waals surface area contributed by atoms with Gasteiger partial charge in [0.25, 0.3) is 5.91 Å². The number of anilines is 2. The summed E-state index contributed by atoms with van der Waals surface area (Å²) in [6.45, 7) is 0.418. The van der Waals surface area contributed by atoms with E-state index in [-0.39, 0.29) is 24.4 Å². The van der Waals surface area contributed by atoms with Crippen molar-refractivity contribution in [2.75, 3.05) is 17.2 Å². The summed E-state index contributed by atoms with van der Waals surface area (Å²) in [5.74, 6) is -0.211. The highest BCUT2D eigenvalue weighted by Gasteiger charge is 2.29. The molecule has 0 aliphatic carbocycles. The molecule has 0 radical (unpaired) electrons. The third kappa shape index (κ3) is 4.89. The van der Waals surface area contributed by atoms with Gasteiger partial charge in [0.05, 0.1) is 6.10 Å². The topological polar surface area (TPSA) is 119 Å². The van der Waals surface area contributed by atoms with Crippen LogP contribution in [0.15, 0.2) is 24.3 Å². The van der Waals surface area contributed by atoms with Gasteiger partial charge in [-0.15, -0.1) is 12.4 Å². The number of nitrogens with two attached hydrogens (primary N) is 2. The lowest BCUT2D eigenvalue weighted by molar-refractivity contribution is -0.126. The summed E-state index contributed by atoms with van der Waals surface area (Å²) >= 11 is 0. The molecule has 1 heterocycles. The van der Waals surface area contributed by atoms with E-state index in [0.29, 0.717) is 24.3 Å². The number of urea groups is 1. The number of ether oxygens (including phenoxy) is 1. The van der Waals surface area contributed by atoms with Crippen molar-refractivity contribution in [2.24, 2.45) is 11.5 Å². The van der Waals surface area contributed by atoms with Crippen LogP contribution in [-0.4, -0.2) is 30.7 Å². The Morgan fingerprint density at radius 3 is 2.48 bits per heavy atom. The summed E-state index contributed by atoms with van der Waals surface area (Å²) in [4.78, 5) is 22.8. The van der Waals surface area contributed by atoms with Crippen molar-refractivity contribution in [1.29, 1.82) is 0 Å². The molecule has 0 unspecified atom stereocenters. The standard InChI is InChI=1S/C13H18N4O3.ClH/c14-7-10-4-5-11(20-10)12(18)16-8-2-1-3-9(6-8)17-13(15)19;/h1-3,6,10-11H,4-5,7,14H2,(H,16,18)(H3,15,17,19);1H/t10-,11+;/m1./s1. The van der Waals surface area contributed by atoms with Crippen molar-refractivity contribution in [3.05, 3.63) is 24.3 Å². The van der Waals surface area contributed by atoms with Crippen LogP contribution in [-0.2, 0) is 9.53 Å². The number of hydrogen-bond acceptors (Lipinski definition) is 4. The number of primary amides is 1. The minimum Gasteiger partial charge on any atom is -0.364 e. The molecule has 116 valence electrons. The molecule has 1 aromatic carbocycles. The molecule has 1 aliphatic heterocycles. The van der Waals surface area contributed by atoms with Crippen LogP contribution in [0.25, 0.3) is 0 Å². The second kappa shape index (κ2) is 7.82. The molecule has 0 bridgehead atoms. The maximum Gasteiger partial charge on any atom is 0.316 e. The fourth-order valence-electron chi connectivity index (χ4n) is 2.11. The number of hydrogen-bond donors (Lipinski definition) is 4. The molecule has 0 saturated carbocycles. The van der Waals surface area contributed by atoms with Crippen molar-refractivity contribution in [3.63, 3.8) is 0 Å². The molecule has 21 heavy (non-hydrogen) atoms. The number of amides is 3. The van der Waals surface area contributed by atoms with Crippen molar-refractivity contribution in [2.45, 2.75) is 25.0 Å². The number of nitrogens with one attached hydrogen (secondary N) is 2. The fourth-order valence-corrected chi connectivity index (χ4v) is 2.11. The highest BCUT2D eigenvalue weighted by molar-refractivity contribution is 5.95. The van der Waals surface area contributed by atoms with Gasteiger partial charge in [-0.2, -0.15) is 0 Å². The molecule has 2 rings (SSSR count). The predicted molar refractivity (Wildman–Crippen MR) is 82.5 cm³/mol. The predicted octanol–water partition coefficient (Wildman–Crippen LogP) is 1.04. The summed E-state index contributed by atoms with van der Waals surface area (Å²) in [5, 5.41) is 5.19. The van der Waals surface area contributed by atoms with Gasteiger partial charge in [-0.3, -0.25) is 4.79 Å². The van der Waals surface area contributed by atoms with E-state index >= 15 is 0 Å². The molecule has 3 amide bonds. The Morgan fingerprint density at radius 1 is 1.24 bits per heavy atom. The van der Waals surface area contributed by atoms with E-state index in [1.807, 2.05) is 0 Å². The smallest absolute Gasteiger partial charge is 0.316 e. The van der Waals surface area contributed by atoms with Crippen LogP contribution >= 0.6 is 12.4 Å². The van der Waals surface area contributed by atoms with Gasteiger partial charge in [-0.1, -0.05) is 6.07 Å². The zero-order chi connectivity index (χ0) is 14.5. The zero-order valence-corrected chi connectivity index (χ0v) is 12.2. The van der Waals surface area contributed by atoms with Crippen LogP contribution in [0.4, 0.5) is 16.2 Å². The van der Waals surface area contributed by atoms with Crippen LogP contribution < -0.4 is 22.1 Å². The van der Waals surface area contributed by atoms with Crippen LogP contribution in [0.5, 0.6) is 0 Å². The third-order valence-electron chi connectivity index (χ3n) is 3.06. The lowest BCUT2D eigenvalue weighted by Crippen LogP contribution is -2.29. The first-order valence-corrected chi connectivity index (χ1v) is 6.41. The van der Waals surface area contributed by atoms with E-state index in [0.717, 1.165) is 6.42 Å². The van der Waals surface area contributed by atoms with E-state index in [1.165, 1.54) is 0 Å². The Balaban J connectivity index is 0.00000220. The first-order chi connectivity index (χ1) is 9.58. The monoisotopic (exact) mass is 314 g/mol. The zero-order valence-electron chi connectivity index (χ0n) is 11.4. The van der Waals surface area contributed by atoms with Gasteiger partial charge in [-0.25, -0.2) is 4.79 Å². The maximum absolute atomic E-state index is 12.0. The second-order valence-electron chi connectivity index (χ2n) is 4.62. The highest BCUT2D eigenvalue weighted by Crippen LogP contribution is 2.21. The number of carbonyl (C=O) groups excluding carboxylic acids is 2. The van der Waals surface area contributed by atoms with Crippen LogP contribution in [0, 0.1) is 0 Å². The number of halogens is 1. The fraction of sp³-hybridized carbons (Fsp3) is 0.385. The Morgan fingerprint density at radius 2 is 1.90 bits per heavy atom. The SMILES string of the molecule is Cl.NC[C@H]1CC[C@@H](C(=O)Nc2cccc(NC(N)=O)c2)O1. The summed E-state index contributed by atoms with van der Waals surface area (Å²) in [6, 6.07) is 6.08. The van der Waals surface area contributed by atoms with Gasteiger partial charge in [0.15, 0.2) is 0 Å². The molecular formula is C13H19ClN4O3. The molecule has 0 aromatic heterocycles. The molecule has 0 spiro atoms. The average molecular weight is 315 g/mol. The van der Waals surface area contributed by atoms with Crippen LogP contribution in [0.2, 0.25) is 0 Å². The summed E-state index contributed by atoms with van der Waals surface area (Å²) in [6.07, 6.45) is 0.926.